The van der Waals surface area contributed by atoms with Crippen molar-refractivity contribution in [3.63, 3.8) is 0 Å². The Balaban J connectivity index is 1.82. The molecule has 8 nitrogen and oxygen atoms in total. The van der Waals surface area contributed by atoms with E-state index in [9.17, 15) is 19.5 Å². The van der Waals surface area contributed by atoms with Crippen LogP contribution in [-0.2, 0) is 23.9 Å². The molecule has 3 aliphatic heterocycles. The van der Waals surface area contributed by atoms with Crippen molar-refractivity contribution in [2.45, 2.75) is 56.9 Å². The lowest BCUT2D eigenvalue weighted by Gasteiger charge is -2.39. The molecule has 3 fully saturated rings. The van der Waals surface area contributed by atoms with Crippen molar-refractivity contribution in [2.75, 3.05) is 24.7 Å². The predicted molar refractivity (Wildman–Crippen MR) is 126 cm³/mol. The lowest BCUT2D eigenvalue weighted by atomic mass is 9.70. The molecular weight excluding hydrogens is 460 g/mol. The predicted octanol–water partition coefficient (Wildman–Crippen LogP) is 2.57. The van der Waals surface area contributed by atoms with Gasteiger partial charge in [0.05, 0.1) is 47.9 Å². The van der Waals surface area contributed by atoms with Gasteiger partial charge in [0, 0.05) is 6.54 Å². The number of esters is 1. The Labute approximate surface area is 204 Å². The van der Waals surface area contributed by atoms with Crippen molar-refractivity contribution < 1.29 is 29.0 Å². The Morgan fingerprint density at radius 3 is 2.76 bits per heavy atom. The van der Waals surface area contributed by atoms with E-state index in [1.807, 2.05) is 6.92 Å². The molecule has 6 atom stereocenters. The number of nitrogens with zero attached hydrogens (tertiary/aromatic N) is 2. The lowest BCUT2D eigenvalue weighted by Crippen LogP contribution is -2.59. The van der Waals surface area contributed by atoms with E-state index in [4.69, 9.17) is 21.1 Å². The fourth-order valence-electron chi connectivity index (χ4n) is 5.94. The zero-order valence-corrected chi connectivity index (χ0v) is 20.2. The van der Waals surface area contributed by atoms with E-state index in [0.717, 1.165) is 0 Å². The highest BCUT2D eigenvalue weighted by molar-refractivity contribution is 6.34. The molecule has 1 N–H and O–H groups in total. The molecule has 2 amide bonds. The molecule has 34 heavy (non-hydrogen) atoms. The number of halogens is 1. The van der Waals surface area contributed by atoms with Gasteiger partial charge in [-0.15, -0.1) is 6.58 Å². The van der Waals surface area contributed by atoms with Gasteiger partial charge < -0.3 is 24.4 Å². The van der Waals surface area contributed by atoms with E-state index in [1.54, 1.807) is 37.3 Å². The minimum absolute atomic E-state index is 0.169. The van der Waals surface area contributed by atoms with Crippen LogP contribution in [0.15, 0.2) is 36.9 Å². The first-order valence-electron chi connectivity index (χ1n) is 11.8. The average molecular weight is 491 g/mol. The molecule has 4 rings (SSSR count). The minimum atomic E-state index is -1.17. The van der Waals surface area contributed by atoms with Crippen LogP contribution < -0.4 is 4.90 Å². The SMILES string of the molecule is C=CCN(C(=O)[C@@H]1N([C@@H](CC)CO)C(=O)[C@H]2[C@H](C(=O)OCC)[C@@H]3CC[C@]12O3)c1ccccc1Cl. The van der Waals surface area contributed by atoms with Gasteiger partial charge in [0.1, 0.15) is 11.6 Å². The first kappa shape index (κ1) is 24.7. The van der Waals surface area contributed by atoms with Gasteiger partial charge in [0.2, 0.25) is 5.91 Å². The minimum Gasteiger partial charge on any atom is -0.466 e. The summed E-state index contributed by atoms with van der Waals surface area (Å²) in [4.78, 5) is 43.9. The molecule has 0 aromatic heterocycles. The molecular formula is C25H31ClN2O6. The highest BCUT2D eigenvalue weighted by Crippen LogP contribution is 2.59. The Bertz CT molecular complexity index is 982. The quantitative estimate of drug-likeness (QED) is 0.422. The number of carbonyl (C=O) groups is 3. The molecule has 0 radical (unpaired) electrons. The second-order valence-corrected chi connectivity index (χ2v) is 9.39. The molecule has 9 heteroatoms. The van der Waals surface area contributed by atoms with Crippen LogP contribution >= 0.6 is 11.6 Å². The number of anilines is 1. The number of hydrogen-bond donors (Lipinski definition) is 1. The zero-order chi connectivity index (χ0) is 24.6. The van der Waals surface area contributed by atoms with Crippen LogP contribution in [0.25, 0.3) is 0 Å². The molecule has 0 unspecified atom stereocenters. The Hall–Kier alpha value is -2.42. The van der Waals surface area contributed by atoms with E-state index in [-0.39, 0.29) is 31.6 Å². The number of benzene rings is 1. The molecule has 3 heterocycles. The maximum atomic E-state index is 14.3. The third kappa shape index (κ3) is 3.63. The van der Waals surface area contributed by atoms with E-state index >= 15 is 0 Å². The summed E-state index contributed by atoms with van der Waals surface area (Å²) in [5, 5.41) is 10.5. The Morgan fingerprint density at radius 2 is 2.15 bits per heavy atom. The first-order chi connectivity index (χ1) is 16.4. The van der Waals surface area contributed by atoms with E-state index in [2.05, 4.69) is 6.58 Å². The van der Waals surface area contributed by atoms with Crippen LogP contribution in [0.5, 0.6) is 0 Å². The van der Waals surface area contributed by atoms with Crippen molar-refractivity contribution in [3.8, 4) is 0 Å². The van der Waals surface area contributed by atoms with E-state index < -0.39 is 41.6 Å². The average Bonchev–Trinajstić information content (AvgIpc) is 3.47. The Morgan fingerprint density at radius 1 is 1.41 bits per heavy atom. The Kier molecular flexibility index (Phi) is 7.03. The first-order valence-corrected chi connectivity index (χ1v) is 12.2. The fourth-order valence-corrected chi connectivity index (χ4v) is 6.18. The van der Waals surface area contributed by atoms with Gasteiger partial charge in [0.25, 0.3) is 5.91 Å². The largest absolute Gasteiger partial charge is 0.466 e. The summed E-state index contributed by atoms with van der Waals surface area (Å²) < 4.78 is 11.7. The third-order valence-corrected chi connectivity index (χ3v) is 7.65. The van der Waals surface area contributed by atoms with Crippen LogP contribution in [0, 0.1) is 11.8 Å². The summed E-state index contributed by atoms with van der Waals surface area (Å²) in [6.45, 7) is 7.39. The van der Waals surface area contributed by atoms with E-state index in [0.29, 0.717) is 30.0 Å². The van der Waals surface area contributed by atoms with Gasteiger partial charge in [-0.05, 0) is 38.3 Å². The molecule has 3 aliphatic rings. The van der Waals surface area contributed by atoms with Crippen molar-refractivity contribution in [3.05, 3.63) is 41.9 Å². The smallest absolute Gasteiger partial charge is 0.312 e. The number of hydrogen-bond acceptors (Lipinski definition) is 6. The van der Waals surface area contributed by atoms with Crippen LogP contribution in [0.1, 0.15) is 33.1 Å². The highest BCUT2D eigenvalue weighted by Gasteiger charge is 2.75. The van der Waals surface area contributed by atoms with Crippen molar-refractivity contribution in [1.29, 1.82) is 0 Å². The van der Waals surface area contributed by atoms with Crippen LogP contribution in [-0.4, -0.2) is 71.3 Å². The molecule has 1 aromatic rings. The zero-order valence-electron chi connectivity index (χ0n) is 19.5. The summed E-state index contributed by atoms with van der Waals surface area (Å²) >= 11 is 6.43. The van der Waals surface area contributed by atoms with Crippen molar-refractivity contribution in [2.24, 2.45) is 11.8 Å². The number of ether oxygens (including phenoxy) is 2. The fraction of sp³-hybridized carbons (Fsp3) is 0.560. The molecule has 2 bridgehead atoms. The van der Waals surface area contributed by atoms with Gasteiger partial charge in [0.15, 0.2) is 0 Å². The normalized spacial score (nSPS) is 30.2. The summed E-state index contributed by atoms with van der Waals surface area (Å²) in [5.74, 6) is -2.81. The van der Waals surface area contributed by atoms with Crippen molar-refractivity contribution in [1.82, 2.24) is 4.90 Å². The molecule has 0 aliphatic carbocycles. The van der Waals surface area contributed by atoms with Gasteiger partial charge in [-0.25, -0.2) is 0 Å². The number of amides is 2. The molecule has 3 saturated heterocycles. The number of aliphatic hydroxyl groups excluding tert-OH is 1. The number of rotatable bonds is 9. The van der Waals surface area contributed by atoms with Crippen LogP contribution in [0.2, 0.25) is 5.02 Å². The molecule has 1 spiro atoms. The summed E-state index contributed by atoms with van der Waals surface area (Å²) in [6, 6.07) is 5.37. The molecule has 1 aromatic carbocycles. The second-order valence-electron chi connectivity index (χ2n) is 8.99. The number of aliphatic hydroxyl groups is 1. The van der Waals surface area contributed by atoms with Gasteiger partial charge in [-0.3, -0.25) is 14.4 Å². The number of para-hydroxylation sites is 1. The number of fused-ring (bicyclic) bond motifs is 1. The van der Waals surface area contributed by atoms with E-state index in [1.165, 1.54) is 9.80 Å². The monoisotopic (exact) mass is 490 g/mol. The number of carbonyl (C=O) groups excluding carboxylic acids is 3. The summed E-state index contributed by atoms with van der Waals surface area (Å²) in [6.07, 6.45) is 2.57. The maximum absolute atomic E-state index is 14.3. The van der Waals surface area contributed by atoms with Gasteiger partial charge >= 0.3 is 5.97 Å². The van der Waals surface area contributed by atoms with Crippen molar-refractivity contribution >= 4 is 35.1 Å². The third-order valence-electron chi connectivity index (χ3n) is 7.33. The summed E-state index contributed by atoms with van der Waals surface area (Å²) in [7, 11) is 0. The van der Waals surface area contributed by atoms with Crippen LogP contribution in [0.4, 0.5) is 5.69 Å². The molecule has 0 saturated carbocycles. The van der Waals surface area contributed by atoms with Gasteiger partial charge in [-0.2, -0.15) is 0 Å². The van der Waals surface area contributed by atoms with Crippen LogP contribution in [0.3, 0.4) is 0 Å². The molecule has 184 valence electrons. The second kappa shape index (κ2) is 9.68. The number of likely N-dealkylation sites (tertiary alicyclic amines) is 1. The van der Waals surface area contributed by atoms with Gasteiger partial charge in [-0.1, -0.05) is 36.7 Å². The standard InChI is InChI=1S/C25H31ClN2O6/c1-4-13-27(17-10-8-7-9-16(17)26)23(31)21-25-12-11-18(34-25)19(24(32)33-6-3)20(25)22(30)28(21)15(5-2)14-29/h4,7-10,15,18-21,29H,1,5-6,11-14H2,2-3H3/t15-,18-,19+,20+,21-,25+/m0/s1. The topological polar surface area (TPSA) is 96.4 Å². The summed E-state index contributed by atoms with van der Waals surface area (Å²) in [5.41, 5.74) is -0.674. The highest BCUT2D eigenvalue weighted by atomic mass is 35.5. The lowest BCUT2D eigenvalue weighted by molar-refractivity contribution is -0.155. The maximum Gasteiger partial charge on any atom is 0.312 e.